The molecular formula is C10H23NO2. The SMILES string of the molecule is CCCOCC(N)CCOC(C)C. The van der Waals surface area contributed by atoms with Crippen molar-refractivity contribution in [1.29, 1.82) is 0 Å². The molecule has 0 radical (unpaired) electrons. The summed E-state index contributed by atoms with van der Waals surface area (Å²) >= 11 is 0. The van der Waals surface area contributed by atoms with Gasteiger partial charge in [0, 0.05) is 19.3 Å². The van der Waals surface area contributed by atoms with Gasteiger partial charge in [0.2, 0.25) is 0 Å². The molecule has 0 amide bonds. The molecule has 0 aromatic rings. The van der Waals surface area contributed by atoms with Crippen molar-refractivity contribution in [3.63, 3.8) is 0 Å². The molecule has 3 heteroatoms. The molecule has 0 aliphatic heterocycles. The van der Waals surface area contributed by atoms with Crippen LogP contribution in [0.4, 0.5) is 0 Å². The highest BCUT2D eigenvalue weighted by atomic mass is 16.5. The lowest BCUT2D eigenvalue weighted by Crippen LogP contribution is -2.28. The maximum Gasteiger partial charge on any atom is 0.0618 e. The average molecular weight is 189 g/mol. The zero-order valence-corrected chi connectivity index (χ0v) is 9.08. The summed E-state index contributed by atoms with van der Waals surface area (Å²) in [6.45, 7) is 8.33. The minimum Gasteiger partial charge on any atom is -0.380 e. The predicted molar refractivity (Wildman–Crippen MR) is 54.8 cm³/mol. The monoisotopic (exact) mass is 189 g/mol. The lowest BCUT2D eigenvalue weighted by Gasteiger charge is -2.13. The first kappa shape index (κ1) is 12.9. The summed E-state index contributed by atoms with van der Waals surface area (Å²) in [5, 5.41) is 0. The van der Waals surface area contributed by atoms with Crippen molar-refractivity contribution in [2.24, 2.45) is 5.73 Å². The van der Waals surface area contributed by atoms with Gasteiger partial charge < -0.3 is 15.2 Å². The third-order valence-electron chi connectivity index (χ3n) is 1.62. The van der Waals surface area contributed by atoms with Gasteiger partial charge in [-0.2, -0.15) is 0 Å². The van der Waals surface area contributed by atoms with Gasteiger partial charge in [0.1, 0.15) is 0 Å². The summed E-state index contributed by atoms with van der Waals surface area (Å²) < 4.78 is 10.7. The molecule has 0 aromatic carbocycles. The standard InChI is InChI=1S/C10H23NO2/c1-4-6-12-8-10(11)5-7-13-9(2)3/h9-10H,4-8,11H2,1-3H3. The Labute approximate surface area is 81.6 Å². The topological polar surface area (TPSA) is 44.5 Å². The Morgan fingerprint density at radius 2 is 1.92 bits per heavy atom. The Kier molecular flexibility index (Phi) is 8.40. The van der Waals surface area contributed by atoms with Crippen LogP contribution in [-0.4, -0.2) is 32.0 Å². The van der Waals surface area contributed by atoms with Crippen molar-refractivity contribution in [1.82, 2.24) is 0 Å². The summed E-state index contributed by atoms with van der Waals surface area (Å²) in [4.78, 5) is 0. The van der Waals surface area contributed by atoms with E-state index in [4.69, 9.17) is 15.2 Å². The van der Waals surface area contributed by atoms with Gasteiger partial charge in [0.15, 0.2) is 0 Å². The van der Waals surface area contributed by atoms with Crippen LogP contribution in [0.25, 0.3) is 0 Å². The highest BCUT2D eigenvalue weighted by Crippen LogP contribution is 1.95. The quantitative estimate of drug-likeness (QED) is 0.589. The minimum atomic E-state index is 0.116. The molecular weight excluding hydrogens is 166 g/mol. The average Bonchev–Trinajstić information content (AvgIpc) is 2.04. The van der Waals surface area contributed by atoms with Crippen molar-refractivity contribution in [3.8, 4) is 0 Å². The number of hydrogen-bond donors (Lipinski definition) is 1. The first-order valence-electron chi connectivity index (χ1n) is 5.11. The second kappa shape index (κ2) is 8.48. The maximum atomic E-state index is 5.80. The summed E-state index contributed by atoms with van der Waals surface area (Å²) in [6.07, 6.45) is 2.22. The number of hydrogen-bond acceptors (Lipinski definition) is 3. The van der Waals surface area contributed by atoms with Crippen LogP contribution in [0.3, 0.4) is 0 Å². The van der Waals surface area contributed by atoms with E-state index in [1.54, 1.807) is 0 Å². The molecule has 0 aliphatic rings. The van der Waals surface area contributed by atoms with Gasteiger partial charge in [-0.1, -0.05) is 6.92 Å². The molecule has 0 heterocycles. The van der Waals surface area contributed by atoms with Crippen LogP contribution in [0.2, 0.25) is 0 Å². The molecule has 13 heavy (non-hydrogen) atoms. The first-order chi connectivity index (χ1) is 6.16. The summed E-state index contributed by atoms with van der Waals surface area (Å²) in [6, 6.07) is 0.116. The van der Waals surface area contributed by atoms with E-state index < -0.39 is 0 Å². The minimum absolute atomic E-state index is 0.116. The fraction of sp³-hybridized carbons (Fsp3) is 1.00. The van der Waals surface area contributed by atoms with Crippen molar-refractivity contribution >= 4 is 0 Å². The molecule has 0 rings (SSSR count). The van der Waals surface area contributed by atoms with Gasteiger partial charge in [-0.15, -0.1) is 0 Å². The molecule has 0 fully saturated rings. The van der Waals surface area contributed by atoms with E-state index in [0.29, 0.717) is 12.7 Å². The van der Waals surface area contributed by atoms with E-state index in [1.165, 1.54) is 0 Å². The fourth-order valence-electron chi connectivity index (χ4n) is 0.917. The predicted octanol–water partition coefficient (Wildman–Crippen LogP) is 1.56. The third-order valence-corrected chi connectivity index (χ3v) is 1.62. The Morgan fingerprint density at radius 1 is 1.23 bits per heavy atom. The van der Waals surface area contributed by atoms with E-state index in [9.17, 15) is 0 Å². The maximum absolute atomic E-state index is 5.80. The molecule has 0 bridgehead atoms. The van der Waals surface area contributed by atoms with Gasteiger partial charge in [0.25, 0.3) is 0 Å². The fourth-order valence-corrected chi connectivity index (χ4v) is 0.917. The van der Waals surface area contributed by atoms with Crippen LogP contribution in [0.1, 0.15) is 33.6 Å². The van der Waals surface area contributed by atoms with E-state index in [1.807, 2.05) is 13.8 Å². The molecule has 0 saturated carbocycles. The first-order valence-corrected chi connectivity index (χ1v) is 5.11. The third kappa shape index (κ3) is 9.80. The van der Waals surface area contributed by atoms with Crippen LogP contribution in [0, 0.1) is 0 Å². The Hall–Kier alpha value is -0.120. The Morgan fingerprint density at radius 3 is 2.46 bits per heavy atom. The molecule has 1 atom stereocenters. The summed E-state index contributed by atoms with van der Waals surface area (Å²) in [7, 11) is 0. The summed E-state index contributed by atoms with van der Waals surface area (Å²) in [5.74, 6) is 0. The normalized spacial score (nSPS) is 13.6. The van der Waals surface area contributed by atoms with Crippen LogP contribution < -0.4 is 5.73 Å². The van der Waals surface area contributed by atoms with Gasteiger partial charge >= 0.3 is 0 Å². The molecule has 0 saturated heterocycles. The largest absolute Gasteiger partial charge is 0.380 e. The van der Waals surface area contributed by atoms with E-state index in [-0.39, 0.29) is 6.04 Å². The van der Waals surface area contributed by atoms with Gasteiger partial charge in [-0.05, 0) is 26.7 Å². The molecule has 0 aliphatic carbocycles. The van der Waals surface area contributed by atoms with Gasteiger partial charge in [-0.3, -0.25) is 0 Å². The molecule has 0 aromatic heterocycles. The van der Waals surface area contributed by atoms with E-state index in [2.05, 4.69) is 6.92 Å². The number of ether oxygens (including phenoxy) is 2. The number of nitrogens with two attached hydrogens (primary N) is 1. The van der Waals surface area contributed by atoms with Crippen LogP contribution >= 0.6 is 0 Å². The molecule has 0 spiro atoms. The van der Waals surface area contributed by atoms with Crippen LogP contribution in [-0.2, 0) is 9.47 Å². The second-order valence-electron chi connectivity index (χ2n) is 3.54. The van der Waals surface area contributed by atoms with Crippen LogP contribution in [0.15, 0.2) is 0 Å². The van der Waals surface area contributed by atoms with Crippen molar-refractivity contribution in [3.05, 3.63) is 0 Å². The zero-order valence-electron chi connectivity index (χ0n) is 9.08. The highest BCUT2D eigenvalue weighted by molar-refractivity contribution is 4.59. The lowest BCUT2D eigenvalue weighted by molar-refractivity contribution is 0.0606. The van der Waals surface area contributed by atoms with Gasteiger partial charge in [-0.25, -0.2) is 0 Å². The molecule has 2 N–H and O–H groups in total. The second-order valence-corrected chi connectivity index (χ2v) is 3.54. The highest BCUT2D eigenvalue weighted by Gasteiger charge is 2.02. The molecule has 1 unspecified atom stereocenters. The smallest absolute Gasteiger partial charge is 0.0618 e. The van der Waals surface area contributed by atoms with E-state index >= 15 is 0 Å². The van der Waals surface area contributed by atoms with Crippen molar-refractivity contribution in [2.45, 2.75) is 45.8 Å². The Bertz CT molecular complexity index is 107. The molecule has 3 nitrogen and oxygen atoms in total. The van der Waals surface area contributed by atoms with Crippen LogP contribution in [0.5, 0.6) is 0 Å². The zero-order chi connectivity index (χ0) is 10.1. The lowest BCUT2D eigenvalue weighted by atomic mass is 10.2. The Balaban J connectivity index is 3.15. The van der Waals surface area contributed by atoms with E-state index in [0.717, 1.165) is 26.1 Å². The van der Waals surface area contributed by atoms with Gasteiger partial charge in [0.05, 0.1) is 12.7 Å². The number of rotatable bonds is 8. The van der Waals surface area contributed by atoms with Crippen molar-refractivity contribution in [2.75, 3.05) is 19.8 Å². The molecule has 80 valence electrons. The van der Waals surface area contributed by atoms with Crippen molar-refractivity contribution < 1.29 is 9.47 Å². The summed E-state index contributed by atoms with van der Waals surface area (Å²) in [5.41, 5.74) is 5.80.